The van der Waals surface area contributed by atoms with E-state index < -0.39 is 11.6 Å². The first-order valence-corrected chi connectivity index (χ1v) is 5.27. The zero-order valence-corrected chi connectivity index (χ0v) is 8.66. The molecule has 2 aromatic rings. The number of aromatic amines is 2. The van der Waals surface area contributed by atoms with E-state index in [2.05, 4.69) is 9.97 Å². The molecule has 1 aliphatic rings. The van der Waals surface area contributed by atoms with Crippen LogP contribution < -0.4 is 11.4 Å². The molecule has 0 bridgehead atoms. The molecule has 5 N–H and O–H groups in total. The fourth-order valence-electron chi connectivity index (χ4n) is 1.97. The van der Waals surface area contributed by atoms with Gasteiger partial charge >= 0.3 is 5.69 Å². The normalized spacial score (nSPS) is 19.9. The Morgan fingerprint density at radius 3 is 2.69 bits per heavy atom. The van der Waals surface area contributed by atoms with Gasteiger partial charge in [0.2, 0.25) is 0 Å². The number of fused-ring (bicyclic) bond motifs is 1. The summed E-state index contributed by atoms with van der Waals surface area (Å²) in [7, 11) is 0. The summed E-state index contributed by atoms with van der Waals surface area (Å²) >= 11 is 0. The molecular formula is C11H13N3O2. The molecule has 0 aliphatic heterocycles. The minimum absolute atomic E-state index is 0.240. The maximum Gasteiger partial charge on any atom is 0.323 e. The summed E-state index contributed by atoms with van der Waals surface area (Å²) in [5.41, 5.74) is 7.42. The van der Waals surface area contributed by atoms with Crippen LogP contribution in [0.3, 0.4) is 0 Å². The molecule has 0 spiro atoms. The molecule has 1 heterocycles. The third-order valence-corrected chi connectivity index (χ3v) is 3.23. The molecule has 0 saturated heterocycles. The highest BCUT2D eigenvalue weighted by Crippen LogP contribution is 2.43. The minimum atomic E-state index is -0.657. The molecule has 1 aromatic heterocycles. The summed E-state index contributed by atoms with van der Waals surface area (Å²) in [5.74, 6) is 0. The molecule has 5 heteroatoms. The van der Waals surface area contributed by atoms with E-state index in [0.29, 0.717) is 5.52 Å². The highest BCUT2D eigenvalue weighted by atomic mass is 16.3. The predicted molar refractivity (Wildman–Crippen MR) is 60.0 cm³/mol. The van der Waals surface area contributed by atoms with Gasteiger partial charge in [0.25, 0.3) is 0 Å². The molecule has 1 atom stereocenters. The molecule has 0 amide bonds. The summed E-state index contributed by atoms with van der Waals surface area (Å²) in [5, 5.41) is 10.1. The highest BCUT2D eigenvalue weighted by molar-refractivity contribution is 5.75. The van der Waals surface area contributed by atoms with E-state index in [9.17, 15) is 9.90 Å². The SMILES string of the molecule is NC1(C(O)c2ccc3[nH]c(=O)[nH]c3c2)CC1. The van der Waals surface area contributed by atoms with Crippen molar-refractivity contribution in [2.24, 2.45) is 5.73 Å². The smallest absolute Gasteiger partial charge is 0.323 e. The Balaban J connectivity index is 2.07. The Bertz CT molecular complexity index is 595. The maximum absolute atomic E-state index is 11.1. The van der Waals surface area contributed by atoms with Crippen molar-refractivity contribution < 1.29 is 5.11 Å². The Kier molecular flexibility index (Phi) is 1.78. The van der Waals surface area contributed by atoms with Crippen molar-refractivity contribution in [3.05, 3.63) is 34.2 Å². The number of H-pyrrole nitrogens is 2. The van der Waals surface area contributed by atoms with Crippen LogP contribution >= 0.6 is 0 Å². The molecule has 1 fully saturated rings. The van der Waals surface area contributed by atoms with Gasteiger partial charge < -0.3 is 20.8 Å². The summed E-state index contributed by atoms with van der Waals surface area (Å²) < 4.78 is 0. The topological polar surface area (TPSA) is 94.9 Å². The largest absolute Gasteiger partial charge is 0.386 e. The van der Waals surface area contributed by atoms with Crippen LogP contribution in [0, 0.1) is 0 Å². The van der Waals surface area contributed by atoms with Crippen LogP contribution in [-0.4, -0.2) is 20.6 Å². The number of nitrogens with one attached hydrogen (secondary N) is 2. The molecule has 0 radical (unpaired) electrons. The average Bonchev–Trinajstić information content (AvgIpc) is 2.89. The lowest BCUT2D eigenvalue weighted by Gasteiger charge is -2.17. The van der Waals surface area contributed by atoms with Crippen LogP contribution in [0.25, 0.3) is 11.0 Å². The fraction of sp³-hybridized carbons (Fsp3) is 0.364. The Morgan fingerprint density at radius 1 is 1.31 bits per heavy atom. The highest BCUT2D eigenvalue weighted by Gasteiger charge is 2.45. The first kappa shape index (κ1) is 9.62. The lowest BCUT2D eigenvalue weighted by molar-refractivity contribution is 0.136. The van der Waals surface area contributed by atoms with Gasteiger partial charge in [-0.25, -0.2) is 4.79 Å². The van der Waals surface area contributed by atoms with E-state index >= 15 is 0 Å². The molecule has 84 valence electrons. The van der Waals surface area contributed by atoms with Crippen molar-refractivity contribution in [3.63, 3.8) is 0 Å². The number of benzene rings is 1. The summed E-state index contributed by atoms with van der Waals surface area (Å²) in [4.78, 5) is 16.4. The van der Waals surface area contributed by atoms with Gasteiger partial charge in [-0.2, -0.15) is 0 Å². The van der Waals surface area contributed by atoms with Crippen molar-refractivity contribution in [1.82, 2.24) is 9.97 Å². The van der Waals surface area contributed by atoms with Gasteiger partial charge in [0.1, 0.15) is 0 Å². The van der Waals surface area contributed by atoms with Gasteiger partial charge in [0.05, 0.1) is 17.1 Å². The van der Waals surface area contributed by atoms with Gasteiger partial charge in [0.15, 0.2) is 0 Å². The second-order valence-corrected chi connectivity index (χ2v) is 4.52. The Hall–Kier alpha value is -1.59. The molecular weight excluding hydrogens is 206 g/mol. The van der Waals surface area contributed by atoms with Gasteiger partial charge in [0, 0.05) is 5.54 Å². The second kappa shape index (κ2) is 2.96. The Labute approximate surface area is 91.3 Å². The zero-order chi connectivity index (χ0) is 11.3. The van der Waals surface area contributed by atoms with Crippen molar-refractivity contribution in [2.75, 3.05) is 0 Å². The van der Waals surface area contributed by atoms with E-state index in [1.54, 1.807) is 18.2 Å². The molecule has 1 aromatic carbocycles. The van der Waals surface area contributed by atoms with Crippen LogP contribution in [-0.2, 0) is 0 Å². The van der Waals surface area contributed by atoms with Crippen LogP contribution in [0.5, 0.6) is 0 Å². The number of nitrogens with two attached hydrogens (primary N) is 1. The molecule has 1 unspecified atom stereocenters. The van der Waals surface area contributed by atoms with Crippen LogP contribution in [0.4, 0.5) is 0 Å². The van der Waals surface area contributed by atoms with Gasteiger partial charge in [-0.3, -0.25) is 0 Å². The monoisotopic (exact) mass is 219 g/mol. The van der Waals surface area contributed by atoms with E-state index in [4.69, 9.17) is 5.73 Å². The lowest BCUT2D eigenvalue weighted by atomic mass is 10.0. The average molecular weight is 219 g/mol. The number of hydrogen-bond acceptors (Lipinski definition) is 3. The predicted octanol–water partition coefficient (Wildman–Crippen LogP) is 0.381. The number of aliphatic hydroxyl groups is 1. The number of imidazole rings is 1. The molecule has 16 heavy (non-hydrogen) atoms. The van der Waals surface area contributed by atoms with Gasteiger partial charge in [-0.1, -0.05) is 6.07 Å². The third kappa shape index (κ3) is 1.36. The van der Waals surface area contributed by atoms with Crippen LogP contribution in [0.1, 0.15) is 24.5 Å². The summed E-state index contributed by atoms with van der Waals surface area (Å²) in [6.07, 6.45) is 1.03. The van der Waals surface area contributed by atoms with E-state index in [-0.39, 0.29) is 5.69 Å². The first-order chi connectivity index (χ1) is 7.58. The molecule has 5 nitrogen and oxygen atoms in total. The van der Waals surface area contributed by atoms with E-state index in [1.807, 2.05) is 0 Å². The number of aromatic nitrogens is 2. The summed E-state index contributed by atoms with van der Waals surface area (Å²) in [6.45, 7) is 0. The standard InChI is InChI=1S/C11H13N3O2/c12-11(3-4-11)9(15)6-1-2-7-8(5-6)14-10(16)13-7/h1-2,5,9,15H,3-4,12H2,(H2,13,14,16). The van der Waals surface area contributed by atoms with Crippen LogP contribution in [0.2, 0.25) is 0 Å². The fourth-order valence-corrected chi connectivity index (χ4v) is 1.97. The lowest BCUT2D eigenvalue weighted by Crippen LogP contribution is -2.30. The van der Waals surface area contributed by atoms with Crippen molar-refractivity contribution in [2.45, 2.75) is 24.5 Å². The molecule has 1 saturated carbocycles. The number of hydrogen-bond donors (Lipinski definition) is 4. The summed E-state index contributed by atoms with van der Waals surface area (Å²) in [6, 6.07) is 5.34. The minimum Gasteiger partial charge on any atom is -0.386 e. The maximum atomic E-state index is 11.1. The molecule has 3 rings (SSSR count). The van der Waals surface area contributed by atoms with Crippen molar-refractivity contribution >= 4 is 11.0 Å². The van der Waals surface area contributed by atoms with E-state index in [1.165, 1.54) is 0 Å². The second-order valence-electron chi connectivity index (χ2n) is 4.52. The number of aliphatic hydroxyl groups excluding tert-OH is 1. The van der Waals surface area contributed by atoms with Gasteiger partial charge in [-0.05, 0) is 30.5 Å². The third-order valence-electron chi connectivity index (χ3n) is 3.23. The molecule has 1 aliphatic carbocycles. The number of rotatable bonds is 2. The van der Waals surface area contributed by atoms with Crippen molar-refractivity contribution in [3.8, 4) is 0 Å². The quantitative estimate of drug-likeness (QED) is 0.588. The Morgan fingerprint density at radius 2 is 2.00 bits per heavy atom. The van der Waals surface area contributed by atoms with Crippen LogP contribution in [0.15, 0.2) is 23.0 Å². The van der Waals surface area contributed by atoms with Crippen molar-refractivity contribution in [1.29, 1.82) is 0 Å². The zero-order valence-electron chi connectivity index (χ0n) is 8.66. The van der Waals surface area contributed by atoms with E-state index in [0.717, 1.165) is 23.9 Å². The first-order valence-electron chi connectivity index (χ1n) is 5.27. The van der Waals surface area contributed by atoms with Gasteiger partial charge in [-0.15, -0.1) is 0 Å².